The minimum absolute atomic E-state index is 0.105. The van der Waals surface area contributed by atoms with Crippen LogP contribution >= 0.6 is 23.4 Å². The lowest BCUT2D eigenvalue weighted by atomic mass is 10.2. The molecule has 1 saturated heterocycles. The van der Waals surface area contributed by atoms with Crippen LogP contribution in [0, 0.1) is 21.4 Å². The fraction of sp³-hybridized carbons (Fsp3) is 0.300. The van der Waals surface area contributed by atoms with E-state index in [0.29, 0.717) is 17.3 Å². The summed E-state index contributed by atoms with van der Waals surface area (Å²) >= 11 is 7.11. The summed E-state index contributed by atoms with van der Waals surface area (Å²) in [6.07, 6.45) is 0. The monoisotopic (exact) mass is 284 g/mol. The Labute approximate surface area is 112 Å². The summed E-state index contributed by atoms with van der Waals surface area (Å²) in [6, 6.07) is 6.20. The predicted molar refractivity (Wildman–Crippen MR) is 70.4 cm³/mol. The number of anilines is 1. The summed E-state index contributed by atoms with van der Waals surface area (Å²) in [7, 11) is 0. The summed E-state index contributed by atoms with van der Waals surface area (Å²) in [5.74, 6) is 0.633. The maximum atomic E-state index is 11.0. The molecule has 1 aromatic rings. The minimum Gasteiger partial charge on any atom is -0.326 e. The van der Waals surface area contributed by atoms with Gasteiger partial charge >= 0.3 is 0 Å². The largest absolute Gasteiger partial charge is 0.326 e. The van der Waals surface area contributed by atoms with Crippen molar-refractivity contribution in [3.63, 3.8) is 0 Å². The van der Waals surface area contributed by atoms with Crippen LogP contribution < -0.4 is 10.6 Å². The summed E-state index contributed by atoms with van der Waals surface area (Å²) in [6.45, 7) is 0.468. The number of hydrogen-bond acceptors (Lipinski definition) is 6. The van der Waals surface area contributed by atoms with Crippen molar-refractivity contribution in [2.75, 3.05) is 17.2 Å². The number of nitrogens with two attached hydrogens (primary N) is 1. The van der Waals surface area contributed by atoms with Gasteiger partial charge in [-0.15, -0.1) is 11.8 Å². The summed E-state index contributed by atoms with van der Waals surface area (Å²) in [4.78, 5) is 10.7. The SMILES string of the molecule is N#CC1(N)SCCN1c1cc(Cl)ccc1[N+](=O)[O-]. The zero-order chi connectivity index (χ0) is 13.3. The highest BCUT2D eigenvalue weighted by Gasteiger charge is 2.41. The molecule has 8 heteroatoms. The molecule has 1 aliphatic heterocycles. The molecule has 0 spiro atoms. The topological polar surface area (TPSA) is 96.2 Å². The third-order valence-corrected chi connectivity index (χ3v) is 4.00. The first-order valence-corrected chi connectivity index (χ1v) is 6.40. The Bertz CT molecular complexity index is 547. The molecule has 1 aromatic carbocycles. The second-order valence-corrected chi connectivity index (χ2v) is 5.45. The molecule has 6 nitrogen and oxygen atoms in total. The molecule has 1 atom stereocenters. The normalized spacial score (nSPS) is 22.8. The van der Waals surface area contributed by atoms with Gasteiger partial charge in [-0.05, 0) is 12.1 Å². The van der Waals surface area contributed by atoms with Crippen molar-refractivity contribution in [3.8, 4) is 6.07 Å². The van der Waals surface area contributed by atoms with Crippen LogP contribution in [0.4, 0.5) is 11.4 Å². The lowest BCUT2D eigenvalue weighted by Gasteiger charge is -2.28. The fourth-order valence-electron chi connectivity index (χ4n) is 1.80. The van der Waals surface area contributed by atoms with Gasteiger partial charge < -0.3 is 4.90 Å². The van der Waals surface area contributed by atoms with E-state index >= 15 is 0 Å². The van der Waals surface area contributed by atoms with E-state index in [1.54, 1.807) is 0 Å². The number of rotatable bonds is 2. The highest BCUT2D eigenvalue weighted by Crippen LogP contribution is 2.40. The van der Waals surface area contributed by atoms with Crippen molar-refractivity contribution in [2.45, 2.75) is 4.99 Å². The van der Waals surface area contributed by atoms with Crippen LogP contribution in [0.3, 0.4) is 0 Å². The number of halogens is 1. The molecular weight excluding hydrogens is 276 g/mol. The Morgan fingerprint density at radius 2 is 2.39 bits per heavy atom. The van der Waals surface area contributed by atoms with Crippen LogP contribution in [0.1, 0.15) is 0 Å². The van der Waals surface area contributed by atoms with Gasteiger partial charge in [0.15, 0.2) is 0 Å². The van der Waals surface area contributed by atoms with E-state index in [0.717, 1.165) is 0 Å². The Kier molecular flexibility index (Phi) is 3.34. The second kappa shape index (κ2) is 4.65. The minimum atomic E-state index is -1.28. The van der Waals surface area contributed by atoms with Crippen LogP contribution in [0.5, 0.6) is 0 Å². The first kappa shape index (κ1) is 13.0. The molecule has 0 amide bonds. The standard InChI is InChI=1S/C10H9ClN4O2S/c11-7-1-2-8(15(16)17)9(5-7)14-3-4-18-10(14,13)6-12/h1-2,5H,3-4,13H2. The van der Waals surface area contributed by atoms with Gasteiger partial charge in [0, 0.05) is 23.4 Å². The molecule has 0 radical (unpaired) electrons. The fourth-order valence-corrected chi connectivity index (χ4v) is 2.96. The van der Waals surface area contributed by atoms with Crippen molar-refractivity contribution in [1.82, 2.24) is 0 Å². The van der Waals surface area contributed by atoms with Gasteiger partial charge in [-0.2, -0.15) is 5.26 Å². The van der Waals surface area contributed by atoms with Gasteiger partial charge in [0.2, 0.25) is 4.99 Å². The van der Waals surface area contributed by atoms with E-state index < -0.39 is 9.92 Å². The van der Waals surface area contributed by atoms with Gasteiger partial charge in [-0.1, -0.05) is 11.6 Å². The smallest absolute Gasteiger partial charge is 0.292 e. The molecule has 1 fully saturated rings. The van der Waals surface area contributed by atoms with Crippen molar-refractivity contribution in [3.05, 3.63) is 33.3 Å². The third kappa shape index (κ3) is 2.10. The Balaban J connectivity index is 2.54. The number of hydrogen-bond donors (Lipinski definition) is 1. The van der Waals surface area contributed by atoms with Crippen molar-refractivity contribution in [1.29, 1.82) is 5.26 Å². The number of nitriles is 1. The van der Waals surface area contributed by atoms with E-state index in [4.69, 9.17) is 22.6 Å². The average Bonchev–Trinajstić information content (AvgIpc) is 2.71. The van der Waals surface area contributed by atoms with Crippen LogP contribution in [0.25, 0.3) is 0 Å². The zero-order valence-corrected chi connectivity index (χ0v) is 10.7. The third-order valence-electron chi connectivity index (χ3n) is 2.62. The number of nitro groups is 1. The van der Waals surface area contributed by atoms with E-state index in [1.807, 2.05) is 6.07 Å². The number of nitrogens with zero attached hydrogens (tertiary/aromatic N) is 3. The summed E-state index contributed by atoms with van der Waals surface area (Å²) in [5.41, 5.74) is 6.09. The van der Waals surface area contributed by atoms with Crippen LogP contribution in [0.2, 0.25) is 5.02 Å². The van der Waals surface area contributed by atoms with Crippen LogP contribution in [-0.2, 0) is 0 Å². The molecule has 0 saturated carbocycles. The number of thioether (sulfide) groups is 1. The van der Waals surface area contributed by atoms with Gasteiger partial charge in [0.25, 0.3) is 5.69 Å². The van der Waals surface area contributed by atoms with Gasteiger partial charge in [0.1, 0.15) is 11.8 Å². The summed E-state index contributed by atoms with van der Waals surface area (Å²) < 4.78 is 0. The molecule has 1 heterocycles. The van der Waals surface area contributed by atoms with Gasteiger partial charge in [0.05, 0.1) is 4.92 Å². The maximum absolute atomic E-state index is 11.0. The number of nitro benzene ring substituents is 1. The molecule has 2 N–H and O–H groups in total. The Morgan fingerprint density at radius 1 is 1.67 bits per heavy atom. The zero-order valence-electron chi connectivity index (χ0n) is 9.17. The first-order chi connectivity index (χ1) is 8.48. The van der Waals surface area contributed by atoms with Crippen LogP contribution in [-0.4, -0.2) is 22.2 Å². The van der Waals surface area contributed by atoms with Crippen LogP contribution in [0.15, 0.2) is 18.2 Å². The molecule has 94 valence electrons. The van der Waals surface area contributed by atoms with Gasteiger partial charge in [-0.25, -0.2) is 0 Å². The van der Waals surface area contributed by atoms with E-state index in [-0.39, 0.29) is 11.4 Å². The molecule has 0 aromatic heterocycles. The maximum Gasteiger partial charge on any atom is 0.292 e. The molecule has 2 rings (SSSR count). The molecular formula is C10H9ClN4O2S. The first-order valence-electron chi connectivity index (χ1n) is 5.03. The Hall–Kier alpha value is -1.49. The lowest BCUT2D eigenvalue weighted by molar-refractivity contribution is -0.384. The van der Waals surface area contributed by atoms with E-state index in [1.165, 1.54) is 34.9 Å². The average molecular weight is 285 g/mol. The quantitative estimate of drug-likeness (QED) is 0.658. The van der Waals surface area contributed by atoms with Crippen molar-refractivity contribution < 1.29 is 4.92 Å². The molecule has 1 aliphatic rings. The highest BCUT2D eigenvalue weighted by molar-refractivity contribution is 8.01. The molecule has 1 unspecified atom stereocenters. The molecule has 18 heavy (non-hydrogen) atoms. The predicted octanol–water partition coefficient (Wildman–Crippen LogP) is 1.94. The number of benzene rings is 1. The van der Waals surface area contributed by atoms with E-state index in [2.05, 4.69) is 0 Å². The van der Waals surface area contributed by atoms with Crippen molar-refractivity contribution >= 4 is 34.7 Å². The highest BCUT2D eigenvalue weighted by atomic mass is 35.5. The van der Waals surface area contributed by atoms with Gasteiger partial charge in [-0.3, -0.25) is 15.8 Å². The lowest BCUT2D eigenvalue weighted by Crippen LogP contribution is -2.48. The molecule has 0 bridgehead atoms. The van der Waals surface area contributed by atoms with Crippen molar-refractivity contribution in [2.24, 2.45) is 5.73 Å². The molecule has 0 aliphatic carbocycles. The Morgan fingerprint density at radius 3 is 3.00 bits per heavy atom. The van der Waals surface area contributed by atoms with E-state index in [9.17, 15) is 10.1 Å². The second-order valence-electron chi connectivity index (χ2n) is 3.70. The summed E-state index contributed by atoms with van der Waals surface area (Å²) in [5, 5.41) is 20.5.